The van der Waals surface area contributed by atoms with Gasteiger partial charge in [0, 0.05) is 51.9 Å². The van der Waals surface area contributed by atoms with E-state index in [1.54, 1.807) is 0 Å². The Bertz CT molecular complexity index is 412. The molecular weight excluding hydrogens is 278 g/mol. The topological polar surface area (TPSA) is 59.0 Å². The summed E-state index contributed by atoms with van der Waals surface area (Å²) in [5, 5.41) is 22.1. The number of nitrogens with zero attached hydrogens (tertiary/aromatic N) is 2. The Morgan fingerprint density at radius 3 is 2.23 bits per heavy atom. The van der Waals surface area contributed by atoms with Crippen molar-refractivity contribution >= 4 is 0 Å². The van der Waals surface area contributed by atoms with E-state index in [2.05, 4.69) is 46.3 Å². The second-order valence-electron chi connectivity index (χ2n) is 5.96. The van der Waals surface area contributed by atoms with Gasteiger partial charge in [-0.25, -0.2) is 0 Å². The summed E-state index contributed by atoms with van der Waals surface area (Å²) in [4.78, 5) is 4.65. The van der Waals surface area contributed by atoms with E-state index < -0.39 is 0 Å². The van der Waals surface area contributed by atoms with Crippen LogP contribution in [0, 0.1) is 6.92 Å². The van der Waals surface area contributed by atoms with Gasteiger partial charge in [0.1, 0.15) is 0 Å². The highest BCUT2D eigenvalue weighted by molar-refractivity contribution is 5.24. The summed E-state index contributed by atoms with van der Waals surface area (Å²) in [5.41, 5.74) is 2.51. The van der Waals surface area contributed by atoms with Crippen LogP contribution < -0.4 is 5.32 Å². The first-order chi connectivity index (χ1) is 10.7. The number of piperazine rings is 1. The van der Waals surface area contributed by atoms with Crippen molar-refractivity contribution in [1.29, 1.82) is 0 Å². The maximum Gasteiger partial charge on any atom is 0.0558 e. The zero-order chi connectivity index (χ0) is 15.8. The van der Waals surface area contributed by atoms with Gasteiger partial charge in [-0.15, -0.1) is 0 Å². The first kappa shape index (κ1) is 17.4. The van der Waals surface area contributed by atoms with Crippen molar-refractivity contribution in [3.8, 4) is 0 Å². The minimum atomic E-state index is 0.115. The summed E-state index contributed by atoms with van der Waals surface area (Å²) in [6, 6.07) is 8.82. The molecule has 1 unspecified atom stereocenters. The first-order valence-electron chi connectivity index (χ1n) is 8.20. The van der Waals surface area contributed by atoms with Crippen LogP contribution in [0.15, 0.2) is 24.3 Å². The molecule has 0 aliphatic carbocycles. The molecule has 1 aliphatic heterocycles. The van der Waals surface area contributed by atoms with E-state index in [4.69, 9.17) is 0 Å². The second-order valence-corrected chi connectivity index (χ2v) is 5.96. The van der Waals surface area contributed by atoms with E-state index in [1.165, 1.54) is 11.1 Å². The van der Waals surface area contributed by atoms with Gasteiger partial charge in [0.25, 0.3) is 0 Å². The number of aliphatic hydroxyl groups is 2. The van der Waals surface area contributed by atoms with Crippen LogP contribution in [-0.2, 0) is 0 Å². The van der Waals surface area contributed by atoms with Crippen LogP contribution in [0.25, 0.3) is 0 Å². The molecule has 1 atom stereocenters. The van der Waals surface area contributed by atoms with Crippen molar-refractivity contribution in [2.45, 2.75) is 13.0 Å². The molecular formula is C17H29N3O2. The van der Waals surface area contributed by atoms with E-state index in [9.17, 15) is 10.2 Å². The van der Waals surface area contributed by atoms with Gasteiger partial charge < -0.3 is 15.5 Å². The lowest BCUT2D eigenvalue weighted by Gasteiger charge is -2.37. The third-order valence-corrected chi connectivity index (χ3v) is 4.32. The molecule has 1 aromatic carbocycles. The van der Waals surface area contributed by atoms with Crippen molar-refractivity contribution in [2.24, 2.45) is 0 Å². The molecule has 1 saturated heterocycles. The van der Waals surface area contributed by atoms with Gasteiger partial charge in [-0.05, 0) is 12.5 Å². The van der Waals surface area contributed by atoms with Gasteiger partial charge >= 0.3 is 0 Å². The fraction of sp³-hybridized carbons (Fsp3) is 0.647. The van der Waals surface area contributed by atoms with Crippen LogP contribution in [0.4, 0.5) is 0 Å². The maximum atomic E-state index is 9.36. The minimum absolute atomic E-state index is 0.115. The number of rotatable bonds is 8. The lowest BCUT2D eigenvalue weighted by molar-refractivity contribution is 0.0904. The molecule has 0 amide bonds. The van der Waals surface area contributed by atoms with Gasteiger partial charge in [-0.1, -0.05) is 29.8 Å². The number of aryl methyl sites for hydroxylation is 1. The average Bonchev–Trinajstić information content (AvgIpc) is 2.54. The number of nitrogens with one attached hydrogen (secondary N) is 1. The van der Waals surface area contributed by atoms with Crippen molar-refractivity contribution in [3.05, 3.63) is 35.4 Å². The smallest absolute Gasteiger partial charge is 0.0558 e. The number of benzene rings is 1. The zero-order valence-corrected chi connectivity index (χ0v) is 13.5. The van der Waals surface area contributed by atoms with E-state index in [0.29, 0.717) is 13.1 Å². The zero-order valence-electron chi connectivity index (χ0n) is 13.5. The predicted octanol–water partition coefficient (Wildman–Crippen LogP) is 0.228. The van der Waals surface area contributed by atoms with Gasteiger partial charge in [0.2, 0.25) is 0 Å². The van der Waals surface area contributed by atoms with Gasteiger partial charge in [0.15, 0.2) is 0 Å². The standard InChI is InChI=1S/C17H29N3O2/c1-15-2-4-16(5-3-15)17(20(10-12-21)11-13-22)14-19-8-6-18-7-9-19/h2-5,17-18,21-22H,6-14H2,1H3. The molecule has 1 heterocycles. The molecule has 5 nitrogen and oxygen atoms in total. The Balaban J connectivity index is 2.15. The molecule has 1 aromatic rings. The molecule has 0 bridgehead atoms. The first-order valence-corrected chi connectivity index (χ1v) is 8.20. The number of hydrogen-bond acceptors (Lipinski definition) is 5. The molecule has 2 rings (SSSR count). The third-order valence-electron chi connectivity index (χ3n) is 4.32. The van der Waals surface area contributed by atoms with Crippen LogP contribution in [0.3, 0.4) is 0 Å². The quantitative estimate of drug-likeness (QED) is 0.642. The molecule has 3 N–H and O–H groups in total. The largest absolute Gasteiger partial charge is 0.395 e. The normalized spacial score (nSPS) is 17.8. The Labute approximate surface area is 133 Å². The van der Waals surface area contributed by atoms with E-state index in [0.717, 1.165) is 32.7 Å². The Kier molecular flexibility index (Phi) is 7.29. The summed E-state index contributed by atoms with van der Waals surface area (Å²) in [5.74, 6) is 0. The molecule has 5 heteroatoms. The molecule has 124 valence electrons. The van der Waals surface area contributed by atoms with Crippen LogP contribution in [0.2, 0.25) is 0 Å². The Morgan fingerprint density at radius 1 is 1.09 bits per heavy atom. The fourth-order valence-electron chi connectivity index (χ4n) is 3.04. The Hall–Kier alpha value is -0.980. The molecule has 22 heavy (non-hydrogen) atoms. The summed E-state index contributed by atoms with van der Waals surface area (Å²) >= 11 is 0. The van der Waals surface area contributed by atoms with E-state index in [-0.39, 0.29) is 19.3 Å². The monoisotopic (exact) mass is 307 g/mol. The van der Waals surface area contributed by atoms with Crippen LogP contribution in [0.1, 0.15) is 17.2 Å². The van der Waals surface area contributed by atoms with Gasteiger partial charge in [-0.2, -0.15) is 0 Å². The molecule has 0 aromatic heterocycles. The maximum absolute atomic E-state index is 9.36. The molecule has 0 radical (unpaired) electrons. The molecule has 1 aliphatic rings. The molecule has 1 fully saturated rings. The van der Waals surface area contributed by atoms with Gasteiger partial charge in [0.05, 0.1) is 13.2 Å². The summed E-state index contributed by atoms with van der Waals surface area (Å²) in [7, 11) is 0. The third kappa shape index (κ3) is 5.04. The second kappa shape index (κ2) is 9.22. The SMILES string of the molecule is Cc1ccc(C(CN2CCNCC2)N(CCO)CCO)cc1. The van der Waals surface area contributed by atoms with Gasteiger partial charge in [-0.3, -0.25) is 9.80 Å². The van der Waals surface area contributed by atoms with Crippen molar-refractivity contribution in [1.82, 2.24) is 15.1 Å². The van der Waals surface area contributed by atoms with Crippen LogP contribution >= 0.6 is 0 Å². The minimum Gasteiger partial charge on any atom is -0.395 e. The van der Waals surface area contributed by atoms with Crippen molar-refractivity contribution < 1.29 is 10.2 Å². The lowest BCUT2D eigenvalue weighted by atomic mass is 10.0. The van der Waals surface area contributed by atoms with Crippen LogP contribution in [-0.4, -0.2) is 79.0 Å². The van der Waals surface area contributed by atoms with E-state index >= 15 is 0 Å². The van der Waals surface area contributed by atoms with Crippen molar-refractivity contribution in [2.75, 3.05) is 59.0 Å². The van der Waals surface area contributed by atoms with Crippen LogP contribution in [0.5, 0.6) is 0 Å². The highest BCUT2D eigenvalue weighted by Gasteiger charge is 2.23. The van der Waals surface area contributed by atoms with Crippen molar-refractivity contribution in [3.63, 3.8) is 0 Å². The Morgan fingerprint density at radius 2 is 1.68 bits per heavy atom. The van der Waals surface area contributed by atoms with E-state index in [1.807, 2.05) is 0 Å². The lowest BCUT2D eigenvalue weighted by Crippen LogP contribution is -2.48. The molecule has 0 saturated carbocycles. The highest BCUT2D eigenvalue weighted by Crippen LogP contribution is 2.22. The summed E-state index contributed by atoms with van der Waals surface area (Å²) in [6.45, 7) is 8.59. The fourth-order valence-corrected chi connectivity index (χ4v) is 3.04. The summed E-state index contributed by atoms with van der Waals surface area (Å²) in [6.07, 6.45) is 0. The highest BCUT2D eigenvalue weighted by atomic mass is 16.3. The number of hydrogen-bond donors (Lipinski definition) is 3. The summed E-state index contributed by atoms with van der Waals surface area (Å²) < 4.78 is 0. The average molecular weight is 307 g/mol. The predicted molar refractivity (Wildman–Crippen MR) is 89.0 cm³/mol. The number of aliphatic hydroxyl groups excluding tert-OH is 2. The molecule has 0 spiro atoms.